The van der Waals surface area contributed by atoms with E-state index in [-0.39, 0.29) is 95.8 Å². The highest BCUT2D eigenvalue weighted by Gasteiger charge is 2.47. The first-order chi connectivity index (χ1) is 57.8. The maximum Gasteiger partial charge on any atom is 0.326 e. The third-order valence-corrected chi connectivity index (χ3v) is 21.9. The van der Waals surface area contributed by atoms with E-state index in [1.54, 1.807) is 27.7 Å². The van der Waals surface area contributed by atoms with Crippen LogP contribution in [-0.2, 0) is 92.7 Å². The number of phenols is 1. The average molecular weight is 1740 g/mol. The fraction of sp³-hybridized carbons (Fsp3) is 0.700. The van der Waals surface area contributed by atoms with E-state index in [1.165, 1.54) is 66.7 Å². The highest BCUT2D eigenvalue weighted by molar-refractivity contribution is 6.02. The SMILES string of the molecule is CC(C)C[C@H](N)C(=O)N1CCC[C@H]1C(=O)N[C@H](C(=O)N[C@@H](CO)C(=O)N[C@@H](Cc1ccc(O)cc1)C(=O)N[C@H](C(=O)N[C@@H](CCCCN)C(=O)N[C@@H](CO)C(=O)N[C@H](C(=O)N[C@@H](C)C(=O)N1CCC[C@H]1C(=O)N[C@@H](CC(N)=O)C(=O)N[C@H](C(=O)N[C@H](C(=O)N[C@@H](C)C(=O)N1CCC[C@H]1C(=O)N1CCC[C@H]1C(=O)O)C(C)C)C(C)C)C(C)C)[C@@H](C)O)[C@@H](C)O. The number of nitrogens with two attached hydrogens (primary N) is 3. The van der Waals surface area contributed by atoms with Gasteiger partial charge in [0.25, 0.3) is 0 Å². The molecule has 43 nitrogen and oxygen atoms in total. The molecule has 0 unspecified atom stereocenters. The third-order valence-electron chi connectivity index (χ3n) is 21.9. The molecule has 0 saturated carbocycles. The zero-order valence-corrected chi connectivity index (χ0v) is 72.0. The van der Waals surface area contributed by atoms with Gasteiger partial charge in [-0.15, -0.1) is 0 Å². The van der Waals surface area contributed by atoms with Crippen molar-refractivity contribution in [1.82, 2.24) is 83.4 Å². The summed E-state index contributed by atoms with van der Waals surface area (Å²) in [4.78, 5) is 254. The van der Waals surface area contributed by atoms with Crippen molar-refractivity contribution < 1.29 is 117 Å². The number of likely N-dealkylation sites (tertiary alicyclic amines) is 4. The van der Waals surface area contributed by atoms with E-state index in [1.807, 2.05) is 13.8 Å². The van der Waals surface area contributed by atoms with Gasteiger partial charge in [-0.05, 0) is 153 Å². The van der Waals surface area contributed by atoms with Gasteiger partial charge in [-0.25, -0.2) is 4.79 Å². The van der Waals surface area contributed by atoms with Crippen molar-refractivity contribution in [2.75, 3.05) is 45.9 Å². The molecule has 4 aliphatic rings. The summed E-state index contributed by atoms with van der Waals surface area (Å²) in [5.41, 5.74) is 17.8. The molecular weight excluding hydrogens is 1610 g/mol. The molecule has 123 heavy (non-hydrogen) atoms. The summed E-state index contributed by atoms with van der Waals surface area (Å²) in [6.45, 7) is 16.5. The van der Waals surface area contributed by atoms with Gasteiger partial charge in [0.15, 0.2) is 0 Å². The van der Waals surface area contributed by atoms with Gasteiger partial charge in [-0.2, -0.15) is 0 Å². The maximum absolute atomic E-state index is 14.4. The monoisotopic (exact) mass is 1740 g/mol. The van der Waals surface area contributed by atoms with Crippen LogP contribution >= 0.6 is 0 Å². The number of amides is 17. The fourth-order valence-electron chi connectivity index (χ4n) is 15.1. The van der Waals surface area contributed by atoms with Gasteiger partial charge in [0.1, 0.15) is 102 Å². The van der Waals surface area contributed by atoms with Crippen LogP contribution in [0.2, 0.25) is 0 Å². The fourth-order valence-corrected chi connectivity index (χ4v) is 15.1. The normalized spacial score (nSPS) is 20.1. The molecule has 1 aromatic rings. The number of aliphatic hydroxyl groups excluding tert-OH is 4. The number of phenolic OH excluding ortho intramolecular Hbond substituents is 1. The Labute approximate surface area is 714 Å². The van der Waals surface area contributed by atoms with E-state index in [0.717, 1.165) is 18.7 Å². The van der Waals surface area contributed by atoms with Crippen molar-refractivity contribution in [1.29, 1.82) is 0 Å². The van der Waals surface area contributed by atoms with Gasteiger partial charge in [0.05, 0.1) is 37.9 Å². The van der Waals surface area contributed by atoms with Crippen LogP contribution in [-0.4, -0.2) is 317 Å². The number of hydrogen-bond donors (Lipinski definition) is 21. The Kier molecular flexibility index (Phi) is 40.4. The molecule has 0 aliphatic carbocycles. The molecule has 19 atom stereocenters. The standard InChI is InChI=1S/C80H129N19O24/c1-38(2)33-48(82)78(120)97-30-16-21-55(97)70(112)95-63(45(12)103)75(117)90-52(36-100)67(109)87-50(34-46-24-26-47(104)27-25-46)65(107)94-62(44(11)102)74(116)86-49(19-13-14-28-81)64(106)89-53(37-101)68(110)92-59(39(3)4)71(113)84-42(9)76(118)96-29-15-20-54(96)69(111)88-51(35-58(83)105)66(108)91-61(41(7)8)73(115)93-60(40(5)6)72(114)85-43(10)77(119)98-31-17-22-56(98)79(121)99-32-18-23-57(99)80(122)123/h24-27,38-45,48-57,59-63,100-104H,13-23,28-37,81-82H2,1-12H3,(H2,83,105)(H,84,113)(H,85,114)(H,86,116)(H,87,109)(H,88,111)(H,89,106)(H,90,117)(H,91,108)(H,92,110)(H,93,115)(H,94,107)(H,95,112)(H,122,123)/t42-,43-,44+,45+,48-,49-,50-,51-,52-,53-,54-,55-,56-,57-,59-,60-,61-,62-,63-/m0/s1. The molecule has 5 rings (SSSR count). The number of carbonyl (C=O) groups is 18. The van der Waals surface area contributed by atoms with Crippen LogP contribution in [0.5, 0.6) is 5.75 Å². The van der Waals surface area contributed by atoms with Gasteiger partial charge < -0.3 is 131 Å². The highest BCUT2D eigenvalue weighted by atomic mass is 16.4. The minimum Gasteiger partial charge on any atom is -0.508 e. The third kappa shape index (κ3) is 29.5. The number of benzene rings is 1. The summed E-state index contributed by atoms with van der Waals surface area (Å²) in [6.07, 6.45) is -1.67. The highest BCUT2D eigenvalue weighted by Crippen LogP contribution is 2.27. The lowest BCUT2D eigenvalue weighted by Gasteiger charge is -2.32. The topological polar surface area (TPSA) is 664 Å². The molecule has 17 amide bonds. The van der Waals surface area contributed by atoms with Crippen molar-refractivity contribution in [3.05, 3.63) is 29.8 Å². The van der Waals surface area contributed by atoms with E-state index < -0.39 is 265 Å². The minimum atomic E-state index is -1.94. The number of nitrogens with zero attached hydrogens (tertiary/aromatic N) is 4. The molecule has 43 heteroatoms. The van der Waals surface area contributed by atoms with E-state index in [4.69, 9.17) is 17.2 Å². The van der Waals surface area contributed by atoms with Crippen molar-refractivity contribution in [2.24, 2.45) is 40.9 Å². The predicted octanol–water partition coefficient (Wildman–Crippen LogP) is -7.07. The summed E-state index contributed by atoms with van der Waals surface area (Å²) in [6, 6.07) is -19.4. The Morgan fingerprint density at radius 3 is 1.22 bits per heavy atom. The van der Waals surface area contributed by atoms with Gasteiger partial charge in [-0.1, -0.05) is 67.5 Å². The number of primary amides is 1. The number of carbonyl (C=O) groups excluding carboxylic acids is 17. The maximum atomic E-state index is 14.4. The van der Waals surface area contributed by atoms with E-state index in [0.29, 0.717) is 31.2 Å². The Bertz CT molecular complexity index is 3910. The zero-order valence-electron chi connectivity index (χ0n) is 72.0. The lowest BCUT2D eigenvalue weighted by Crippen LogP contribution is -2.63. The first kappa shape index (κ1) is 103. The van der Waals surface area contributed by atoms with Crippen LogP contribution in [0.25, 0.3) is 0 Å². The zero-order chi connectivity index (χ0) is 92.3. The molecule has 1 aromatic carbocycles. The first-order valence-corrected chi connectivity index (χ1v) is 42.0. The van der Waals surface area contributed by atoms with Crippen LogP contribution < -0.4 is 81.0 Å². The summed E-state index contributed by atoms with van der Waals surface area (Å²) in [5.74, 6) is -19.3. The number of aromatic hydroxyl groups is 1. The van der Waals surface area contributed by atoms with Crippen LogP contribution in [0.15, 0.2) is 24.3 Å². The molecule has 0 bridgehead atoms. The Morgan fingerprint density at radius 2 is 0.772 bits per heavy atom. The molecule has 0 radical (unpaired) electrons. The summed E-state index contributed by atoms with van der Waals surface area (Å²) in [7, 11) is 0. The van der Waals surface area contributed by atoms with Crippen molar-refractivity contribution in [3.8, 4) is 5.75 Å². The largest absolute Gasteiger partial charge is 0.508 e. The second-order valence-corrected chi connectivity index (χ2v) is 33.4. The predicted molar refractivity (Wildman–Crippen MR) is 439 cm³/mol. The van der Waals surface area contributed by atoms with Crippen molar-refractivity contribution in [2.45, 2.75) is 288 Å². The molecule has 4 aliphatic heterocycles. The lowest BCUT2D eigenvalue weighted by atomic mass is 9.99. The van der Waals surface area contributed by atoms with Gasteiger partial charge in [-0.3, -0.25) is 81.5 Å². The summed E-state index contributed by atoms with van der Waals surface area (Å²) in [5, 5.41) is 92.0. The molecule has 4 fully saturated rings. The van der Waals surface area contributed by atoms with Gasteiger partial charge in [0.2, 0.25) is 100 Å². The number of rotatable bonds is 46. The number of carboxylic acid groups (broad SMARTS) is 1. The summed E-state index contributed by atoms with van der Waals surface area (Å²) >= 11 is 0. The minimum absolute atomic E-state index is 0.0199. The van der Waals surface area contributed by atoms with Crippen molar-refractivity contribution >= 4 is 106 Å². The number of aliphatic hydroxyl groups is 4. The second-order valence-electron chi connectivity index (χ2n) is 33.4. The number of aliphatic carboxylic acids is 1. The smallest absolute Gasteiger partial charge is 0.326 e. The second kappa shape index (κ2) is 48.3. The van der Waals surface area contributed by atoms with Crippen LogP contribution in [0.1, 0.15) is 172 Å². The number of unbranched alkanes of at least 4 members (excludes halogenated alkanes) is 1. The van der Waals surface area contributed by atoms with Crippen LogP contribution in [0.4, 0.5) is 0 Å². The molecular formula is C80H129N19O24. The molecule has 24 N–H and O–H groups in total. The molecule has 4 saturated heterocycles. The van der Waals surface area contributed by atoms with Crippen LogP contribution in [0.3, 0.4) is 0 Å². The number of hydrogen-bond acceptors (Lipinski definition) is 25. The van der Waals surface area contributed by atoms with Gasteiger partial charge >= 0.3 is 5.97 Å². The molecule has 0 aromatic heterocycles. The Hall–Kier alpha value is -10.8. The first-order valence-electron chi connectivity index (χ1n) is 42.0. The summed E-state index contributed by atoms with van der Waals surface area (Å²) < 4.78 is 0. The lowest BCUT2D eigenvalue weighted by molar-refractivity contribution is -0.152. The Balaban J connectivity index is 1.22. The van der Waals surface area contributed by atoms with E-state index in [9.17, 15) is 117 Å². The van der Waals surface area contributed by atoms with Crippen LogP contribution in [0, 0.1) is 23.7 Å². The number of carboxylic acids is 1. The number of nitrogens with one attached hydrogen (secondary N) is 12. The molecule has 688 valence electrons. The van der Waals surface area contributed by atoms with E-state index >= 15 is 0 Å². The van der Waals surface area contributed by atoms with E-state index in [2.05, 4.69) is 63.8 Å². The molecule has 4 heterocycles. The Morgan fingerprint density at radius 1 is 0.415 bits per heavy atom. The van der Waals surface area contributed by atoms with Gasteiger partial charge in [0, 0.05) is 32.6 Å². The quantitative estimate of drug-likeness (QED) is 0.0270. The average Bonchev–Trinajstić information content (AvgIpc) is 1.63. The van der Waals surface area contributed by atoms with Crippen molar-refractivity contribution in [3.63, 3.8) is 0 Å². The molecule has 0 spiro atoms.